The number of benzene rings is 1. The number of nitrogens with one attached hydrogen (secondary N) is 1. The molecule has 1 amide bonds. The van der Waals surface area contributed by atoms with Crippen LogP contribution >= 0.6 is 11.8 Å². The van der Waals surface area contributed by atoms with Crippen molar-refractivity contribution in [1.29, 1.82) is 0 Å². The van der Waals surface area contributed by atoms with E-state index in [1.54, 1.807) is 11.8 Å². The Hall–Kier alpha value is -2.18. The summed E-state index contributed by atoms with van der Waals surface area (Å²) in [6.07, 6.45) is 1.78. The number of rotatable bonds is 11. The number of carbonyl (C=O) groups is 2. The van der Waals surface area contributed by atoms with Crippen LogP contribution in [0.4, 0.5) is 5.69 Å². The minimum Gasteiger partial charge on any atom is -0.465 e. The summed E-state index contributed by atoms with van der Waals surface area (Å²) < 4.78 is 32.0. The fourth-order valence-corrected chi connectivity index (χ4v) is 4.66. The summed E-state index contributed by atoms with van der Waals surface area (Å²) in [6.45, 7) is 3.11. The molecule has 2 rings (SSSR count). The Morgan fingerprint density at radius 1 is 1.41 bits per heavy atom. The predicted octanol–water partition coefficient (Wildman–Crippen LogP) is 1.54. The third-order valence-corrected chi connectivity index (χ3v) is 6.65. The topological polar surface area (TPSA) is 136 Å². The van der Waals surface area contributed by atoms with Crippen LogP contribution in [0, 0.1) is 10.1 Å². The fourth-order valence-electron chi connectivity index (χ4n) is 2.77. The van der Waals surface area contributed by atoms with E-state index in [9.17, 15) is 28.1 Å². The highest BCUT2D eigenvalue weighted by Gasteiger charge is 2.23. The number of amides is 1. The van der Waals surface area contributed by atoms with E-state index in [-0.39, 0.29) is 34.6 Å². The second-order valence-electron chi connectivity index (χ2n) is 6.22. The first-order valence-corrected chi connectivity index (χ1v) is 11.6. The highest BCUT2D eigenvalue weighted by molar-refractivity contribution is 8.00. The molecule has 0 spiro atoms. The molecule has 10 nitrogen and oxygen atoms in total. The van der Waals surface area contributed by atoms with Crippen molar-refractivity contribution in [2.45, 2.75) is 36.0 Å². The van der Waals surface area contributed by atoms with Crippen LogP contribution in [0.2, 0.25) is 0 Å². The average molecular weight is 446 g/mol. The Labute approximate surface area is 173 Å². The Bertz CT molecular complexity index is 874. The van der Waals surface area contributed by atoms with E-state index in [4.69, 9.17) is 4.74 Å². The molecule has 0 bridgehead atoms. The Morgan fingerprint density at radius 3 is 2.79 bits per heavy atom. The van der Waals surface area contributed by atoms with Crippen molar-refractivity contribution in [2.75, 3.05) is 32.0 Å². The van der Waals surface area contributed by atoms with Crippen LogP contribution < -0.4 is 4.72 Å². The van der Waals surface area contributed by atoms with Crippen molar-refractivity contribution in [3.8, 4) is 0 Å². The van der Waals surface area contributed by atoms with Crippen LogP contribution in [0.15, 0.2) is 28.0 Å². The molecule has 1 N–H and O–H groups in total. The lowest BCUT2D eigenvalue weighted by atomic mass is 10.3. The molecule has 12 heteroatoms. The number of sulfonamides is 1. The van der Waals surface area contributed by atoms with Gasteiger partial charge in [0.25, 0.3) is 5.69 Å². The molecule has 1 fully saturated rings. The van der Waals surface area contributed by atoms with Gasteiger partial charge in [-0.3, -0.25) is 19.7 Å². The van der Waals surface area contributed by atoms with Gasteiger partial charge in [0.15, 0.2) is 0 Å². The van der Waals surface area contributed by atoms with Gasteiger partial charge in [0.05, 0.1) is 27.1 Å². The molecule has 1 aliphatic heterocycles. The molecule has 1 aromatic rings. The van der Waals surface area contributed by atoms with E-state index >= 15 is 0 Å². The molecule has 0 saturated carbocycles. The first kappa shape index (κ1) is 23.1. The van der Waals surface area contributed by atoms with Crippen LogP contribution in [-0.2, 0) is 24.3 Å². The van der Waals surface area contributed by atoms with Crippen molar-refractivity contribution >= 4 is 39.3 Å². The Morgan fingerprint density at radius 2 is 2.17 bits per heavy atom. The molecule has 0 radical (unpaired) electrons. The third-order valence-electron chi connectivity index (χ3n) is 4.16. The number of carbonyl (C=O) groups excluding carboxylic acids is 2. The van der Waals surface area contributed by atoms with E-state index in [0.717, 1.165) is 24.2 Å². The lowest BCUT2D eigenvalue weighted by Crippen LogP contribution is -2.30. The fraction of sp³-hybridized carbons (Fsp3) is 0.529. The molecule has 0 unspecified atom stereocenters. The van der Waals surface area contributed by atoms with E-state index in [0.29, 0.717) is 25.9 Å². The second kappa shape index (κ2) is 10.6. The highest BCUT2D eigenvalue weighted by atomic mass is 32.2. The van der Waals surface area contributed by atoms with Crippen molar-refractivity contribution < 1.29 is 27.7 Å². The summed E-state index contributed by atoms with van der Waals surface area (Å²) in [5, 5.41) is 11.3. The normalized spacial score (nSPS) is 14.2. The van der Waals surface area contributed by atoms with Gasteiger partial charge in [-0.05, 0) is 31.9 Å². The molecule has 29 heavy (non-hydrogen) atoms. The number of esters is 1. The van der Waals surface area contributed by atoms with Crippen molar-refractivity contribution in [3.63, 3.8) is 0 Å². The van der Waals surface area contributed by atoms with Gasteiger partial charge in [0, 0.05) is 32.1 Å². The number of hydrogen-bond donors (Lipinski definition) is 1. The zero-order valence-corrected chi connectivity index (χ0v) is 17.6. The summed E-state index contributed by atoms with van der Waals surface area (Å²) in [4.78, 5) is 35.3. The summed E-state index contributed by atoms with van der Waals surface area (Å²) >= 11 is 0.910. The quantitative estimate of drug-likeness (QED) is 0.178. The van der Waals surface area contributed by atoms with Gasteiger partial charge in [0.1, 0.15) is 0 Å². The van der Waals surface area contributed by atoms with Crippen LogP contribution in [0.5, 0.6) is 0 Å². The molecule has 160 valence electrons. The third kappa shape index (κ3) is 6.68. The van der Waals surface area contributed by atoms with Crippen LogP contribution in [-0.4, -0.2) is 62.1 Å². The van der Waals surface area contributed by atoms with E-state index in [2.05, 4.69) is 4.72 Å². The van der Waals surface area contributed by atoms with Crippen LogP contribution in [0.1, 0.15) is 26.2 Å². The molecule has 0 atom stereocenters. The summed E-state index contributed by atoms with van der Waals surface area (Å²) in [6, 6.07) is 3.53. The maximum Gasteiger partial charge on any atom is 0.316 e. The van der Waals surface area contributed by atoms with Gasteiger partial charge < -0.3 is 9.64 Å². The molecular formula is C17H23N3O7S2. The lowest BCUT2D eigenvalue weighted by molar-refractivity contribution is -0.388. The zero-order valence-electron chi connectivity index (χ0n) is 16.0. The van der Waals surface area contributed by atoms with Gasteiger partial charge in [-0.25, -0.2) is 13.1 Å². The van der Waals surface area contributed by atoms with Gasteiger partial charge in [-0.2, -0.15) is 0 Å². The highest BCUT2D eigenvalue weighted by Crippen LogP contribution is 2.31. The molecule has 1 saturated heterocycles. The maximum atomic E-state index is 12.4. The number of nitro benzene ring substituents is 1. The first-order chi connectivity index (χ1) is 13.7. The summed E-state index contributed by atoms with van der Waals surface area (Å²) in [5.74, 6) is -0.560. The molecule has 1 heterocycles. The van der Waals surface area contributed by atoms with Gasteiger partial charge in [-0.1, -0.05) is 0 Å². The second-order valence-corrected chi connectivity index (χ2v) is 9.00. The van der Waals surface area contributed by atoms with Gasteiger partial charge in [0.2, 0.25) is 15.9 Å². The number of thioether (sulfide) groups is 1. The average Bonchev–Trinajstić information content (AvgIpc) is 3.08. The van der Waals surface area contributed by atoms with Crippen LogP contribution in [0.3, 0.4) is 0 Å². The lowest BCUT2D eigenvalue weighted by Gasteiger charge is -2.15. The number of nitrogens with zero attached hydrogens (tertiary/aromatic N) is 2. The standard InChI is InChI=1S/C17H23N3O7S2/c1-2-27-17(22)12-28-15-7-6-13(11-14(15)20(23)24)29(25,26)18-8-4-10-19-9-3-5-16(19)21/h6-7,11,18H,2-5,8-10,12H2,1H3. The number of likely N-dealkylation sites (tertiary alicyclic amines) is 1. The summed E-state index contributed by atoms with van der Waals surface area (Å²) in [5.41, 5.74) is -0.398. The Kier molecular flexibility index (Phi) is 8.41. The number of hydrogen-bond acceptors (Lipinski definition) is 8. The van der Waals surface area contributed by atoms with Crippen molar-refractivity contribution in [1.82, 2.24) is 9.62 Å². The molecule has 1 aromatic carbocycles. The summed E-state index contributed by atoms with van der Waals surface area (Å²) in [7, 11) is -3.94. The van der Waals surface area contributed by atoms with E-state index in [1.165, 1.54) is 12.1 Å². The minimum absolute atomic E-state index is 0.0689. The zero-order chi connectivity index (χ0) is 21.4. The van der Waals surface area contributed by atoms with E-state index in [1.807, 2.05) is 0 Å². The monoisotopic (exact) mass is 445 g/mol. The molecule has 0 aliphatic carbocycles. The van der Waals surface area contributed by atoms with Crippen molar-refractivity contribution in [3.05, 3.63) is 28.3 Å². The number of nitro groups is 1. The maximum absolute atomic E-state index is 12.4. The smallest absolute Gasteiger partial charge is 0.316 e. The minimum atomic E-state index is -3.94. The SMILES string of the molecule is CCOC(=O)CSc1ccc(S(=O)(=O)NCCCN2CCCC2=O)cc1[N+](=O)[O-]. The van der Waals surface area contributed by atoms with Crippen molar-refractivity contribution in [2.24, 2.45) is 0 Å². The molecule has 0 aromatic heterocycles. The Balaban J connectivity index is 2.00. The van der Waals surface area contributed by atoms with Crippen LogP contribution in [0.25, 0.3) is 0 Å². The number of ether oxygens (including phenoxy) is 1. The first-order valence-electron chi connectivity index (χ1n) is 9.09. The molecule has 1 aliphatic rings. The van der Waals surface area contributed by atoms with E-state index < -0.39 is 26.6 Å². The predicted molar refractivity (Wildman–Crippen MR) is 106 cm³/mol. The largest absolute Gasteiger partial charge is 0.465 e. The molecular weight excluding hydrogens is 422 g/mol. The van der Waals surface area contributed by atoms with Gasteiger partial charge in [-0.15, -0.1) is 11.8 Å². The van der Waals surface area contributed by atoms with Gasteiger partial charge >= 0.3 is 5.97 Å².